The van der Waals surface area contributed by atoms with E-state index in [0.29, 0.717) is 11.4 Å². The molecule has 2 aromatic heterocycles. The van der Waals surface area contributed by atoms with Crippen molar-refractivity contribution in [1.82, 2.24) is 9.78 Å². The van der Waals surface area contributed by atoms with E-state index in [1.54, 1.807) is 16.9 Å². The van der Waals surface area contributed by atoms with E-state index >= 15 is 0 Å². The molecule has 0 fully saturated rings. The fraction of sp³-hybridized carbons (Fsp3) is 0.300. The largest absolute Gasteiger partial charge is 0.387 e. The summed E-state index contributed by atoms with van der Waals surface area (Å²) in [7, 11) is 1.86. The van der Waals surface area contributed by atoms with E-state index in [9.17, 15) is 5.11 Å². The third-order valence-electron chi connectivity index (χ3n) is 2.10. The monoisotopic (exact) mass is 242 g/mol. The van der Waals surface area contributed by atoms with Crippen molar-refractivity contribution >= 4 is 22.9 Å². The minimum Gasteiger partial charge on any atom is -0.387 e. The Morgan fingerprint density at radius 3 is 3.00 bits per heavy atom. The van der Waals surface area contributed by atoms with Gasteiger partial charge in [-0.15, -0.1) is 11.3 Å². The van der Waals surface area contributed by atoms with Crippen LogP contribution in [0.4, 0.5) is 0 Å². The number of nitrogens with zero attached hydrogens (tertiary/aromatic N) is 2. The fourth-order valence-corrected chi connectivity index (χ4v) is 2.47. The molecule has 0 bridgehead atoms. The number of halogens is 1. The van der Waals surface area contributed by atoms with Gasteiger partial charge < -0.3 is 5.11 Å². The molecule has 0 aliphatic heterocycles. The van der Waals surface area contributed by atoms with E-state index < -0.39 is 6.10 Å². The van der Waals surface area contributed by atoms with E-state index in [2.05, 4.69) is 5.10 Å². The zero-order valence-corrected chi connectivity index (χ0v) is 9.79. The highest BCUT2D eigenvalue weighted by atomic mass is 35.5. The van der Waals surface area contributed by atoms with Crippen LogP contribution in [0.15, 0.2) is 23.8 Å². The first-order valence-corrected chi connectivity index (χ1v) is 5.80. The number of aliphatic hydroxyl groups excluding tert-OH is 1. The van der Waals surface area contributed by atoms with Gasteiger partial charge in [0, 0.05) is 29.9 Å². The Kier molecular flexibility index (Phi) is 3.09. The summed E-state index contributed by atoms with van der Waals surface area (Å²) in [5.74, 6) is 0. The summed E-state index contributed by atoms with van der Waals surface area (Å²) >= 11 is 7.27. The summed E-state index contributed by atoms with van der Waals surface area (Å²) in [6.07, 6.45) is 3.74. The molecular formula is C10H11ClN2OS. The van der Waals surface area contributed by atoms with Gasteiger partial charge in [-0.1, -0.05) is 11.6 Å². The van der Waals surface area contributed by atoms with Gasteiger partial charge in [-0.05, 0) is 11.6 Å². The summed E-state index contributed by atoms with van der Waals surface area (Å²) in [6.45, 7) is 0. The Balaban J connectivity index is 2.06. The predicted octanol–water partition coefficient (Wildman–Crippen LogP) is 2.41. The Morgan fingerprint density at radius 1 is 1.67 bits per heavy atom. The number of aryl methyl sites for hydroxylation is 1. The first-order valence-electron chi connectivity index (χ1n) is 4.54. The Labute approximate surface area is 96.9 Å². The molecule has 80 valence electrons. The topological polar surface area (TPSA) is 38.0 Å². The van der Waals surface area contributed by atoms with Crippen LogP contribution in [0.2, 0.25) is 5.02 Å². The molecule has 0 saturated carbocycles. The molecule has 15 heavy (non-hydrogen) atoms. The minimum absolute atomic E-state index is 0.494. The zero-order valence-electron chi connectivity index (χ0n) is 8.22. The Bertz CT molecular complexity index is 452. The van der Waals surface area contributed by atoms with E-state index in [-0.39, 0.29) is 0 Å². The molecule has 0 aliphatic carbocycles. The van der Waals surface area contributed by atoms with Gasteiger partial charge in [0.25, 0.3) is 0 Å². The molecule has 1 N–H and O–H groups in total. The van der Waals surface area contributed by atoms with Crippen LogP contribution in [0.1, 0.15) is 16.5 Å². The van der Waals surface area contributed by atoms with Gasteiger partial charge in [-0.3, -0.25) is 4.68 Å². The van der Waals surface area contributed by atoms with Gasteiger partial charge in [0.15, 0.2) is 0 Å². The number of rotatable bonds is 3. The second-order valence-electron chi connectivity index (χ2n) is 3.41. The van der Waals surface area contributed by atoms with Crippen molar-refractivity contribution in [1.29, 1.82) is 0 Å². The predicted molar refractivity (Wildman–Crippen MR) is 61.2 cm³/mol. The molecule has 0 aromatic carbocycles. The molecule has 3 nitrogen and oxygen atoms in total. The molecule has 2 rings (SSSR count). The van der Waals surface area contributed by atoms with Crippen LogP contribution in [0.3, 0.4) is 0 Å². The van der Waals surface area contributed by atoms with E-state index in [0.717, 1.165) is 10.4 Å². The fourth-order valence-electron chi connectivity index (χ4n) is 1.40. The lowest BCUT2D eigenvalue weighted by molar-refractivity contribution is 0.182. The van der Waals surface area contributed by atoms with Crippen LogP contribution < -0.4 is 0 Å². The SMILES string of the molecule is Cn1cc(CC(O)c2cc(Cl)cs2)cn1. The number of hydrogen-bond acceptors (Lipinski definition) is 3. The van der Waals surface area contributed by atoms with E-state index in [1.807, 2.05) is 18.6 Å². The molecule has 2 aromatic rings. The summed E-state index contributed by atoms with van der Waals surface area (Å²) in [4.78, 5) is 0.892. The quantitative estimate of drug-likeness (QED) is 0.898. The Hall–Kier alpha value is -0.840. The summed E-state index contributed by atoms with van der Waals surface area (Å²) in [5, 5.41) is 16.5. The molecule has 0 amide bonds. The molecule has 0 aliphatic rings. The number of aliphatic hydroxyl groups is 1. The molecule has 2 heterocycles. The highest BCUT2D eigenvalue weighted by molar-refractivity contribution is 7.10. The molecule has 1 unspecified atom stereocenters. The van der Waals surface area contributed by atoms with Crippen molar-refractivity contribution in [2.75, 3.05) is 0 Å². The maximum atomic E-state index is 9.91. The van der Waals surface area contributed by atoms with Crippen molar-refractivity contribution in [3.8, 4) is 0 Å². The van der Waals surface area contributed by atoms with Gasteiger partial charge >= 0.3 is 0 Å². The van der Waals surface area contributed by atoms with Gasteiger partial charge in [-0.2, -0.15) is 5.10 Å². The van der Waals surface area contributed by atoms with Gasteiger partial charge in [0.1, 0.15) is 0 Å². The highest BCUT2D eigenvalue weighted by Gasteiger charge is 2.11. The van der Waals surface area contributed by atoms with Crippen molar-refractivity contribution < 1.29 is 5.11 Å². The van der Waals surface area contributed by atoms with Crippen molar-refractivity contribution in [3.63, 3.8) is 0 Å². The van der Waals surface area contributed by atoms with Crippen LogP contribution >= 0.6 is 22.9 Å². The van der Waals surface area contributed by atoms with Crippen molar-refractivity contribution in [2.45, 2.75) is 12.5 Å². The summed E-state index contributed by atoms with van der Waals surface area (Å²) in [6, 6.07) is 1.80. The molecular weight excluding hydrogens is 232 g/mol. The molecule has 0 saturated heterocycles. The second kappa shape index (κ2) is 4.35. The van der Waals surface area contributed by atoms with Crippen LogP contribution in [-0.4, -0.2) is 14.9 Å². The van der Waals surface area contributed by atoms with Crippen LogP contribution in [-0.2, 0) is 13.5 Å². The summed E-state index contributed by atoms with van der Waals surface area (Å²) < 4.78 is 1.73. The van der Waals surface area contributed by atoms with Gasteiger partial charge in [0.05, 0.1) is 17.3 Å². The number of thiophene rings is 1. The minimum atomic E-state index is -0.494. The average Bonchev–Trinajstić information content (AvgIpc) is 2.75. The summed E-state index contributed by atoms with van der Waals surface area (Å²) in [5.41, 5.74) is 1.02. The maximum Gasteiger partial charge on any atom is 0.0923 e. The number of hydrogen-bond donors (Lipinski definition) is 1. The molecule has 0 spiro atoms. The molecule has 1 atom stereocenters. The van der Waals surface area contributed by atoms with E-state index in [4.69, 9.17) is 11.6 Å². The van der Waals surface area contributed by atoms with Crippen molar-refractivity contribution in [3.05, 3.63) is 39.3 Å². The molecule has 0 radical (unpaired) electrons. The van der Waals surface area contributed by atoms with Crippen LogP contribution in [0.25, 0.3) is 0 Å². The smallest absolute Gasteiger partial charge is 0.0923 e. The van der Waals surface area contributed by atoms with E-state index in [1.165, 1.54) is 11.3 Å². The molecule has 5 heteroatoms. The van der Waals surface area contributed by atoms with Gasteiger partial charge in [-0.25, -0.2) is 0 Å². The Morgan fingerprint density at radius 2 is 2.47 bits per heavy atom. The lowest BCUT2D eigenvalue weighted by Crippen LogP contribution is -1.98. The maximum absolute atomic E-state index is 9.91. The third-order valence-corrected chi connectivity index (χ3v) is 3.49. The standard InChI is InChI=1S/C10H11ClN2OS/c1-13-5-7(4-12-13)2-9(14)10-3-8(11)6-15-10/h3-6,9,14H,2H2,1H3. The zero-order chi connectivity index (χ0) is 10.8. The van der Waals surface area contributed by atoms with Crippen LogP contribution in [0.5, 0.6) is 0 Å². The van der Waals surface area contributed by atoms with Gasteiger partial charge in [0.2, 0.25) is 0 Å². The lowest BCUT2D eigenvalue weighted by Gasteiger charge is -2.05. The number of aromatic nitrogens is 2. The normalized spacial score (nSPS) is 13.0. The lowest BCUT2D eigenvalue weighted by atomic mass is 10.1. The highest BCUT2D eigenvalue weighted by Crippen LogP contribution is 2.27. The van der Waals surface area contributed by atoms with Crippen molar-refractivity contribution in [2.24, 2.45) is 7.05 Å². The average molecular weight is 243 g/mol. The first kappa shape index (κ1) is 10.7. The third kappa shape index (κ3) is 2.59. The first-order chi connectivity index (χ1) is 7.15. The second-order valence-corrected chi connectivity index (χ2v) is 4.79. The van der Waals surface area contributed by atoms with Crippen LogP contribution in [0, 0.1) is 0 Å².